The molecule has 2 aromatic heterocycles. The molecule has 0 atom stereocenters. The Hall–Kier alpha value is -1.98. The average molecular weight is 367 g/mol. The summed E-state index contributed by atoms with van der Waals surface area (Å²) < 4.78 is 0. The minimum Gasteiger partial charge on any atom is -0.383 e. The fraction of sp³-hybridized carbons (Fsp3) is 0.429. The summed E-state index contributed by atoms with van der Waals surface area (Å²) in [5.41, 5.74) is 11.7. The van der Waals surface area contributed by atoms with Crippen molar-refractivity contribution in [3.63, 3.8) is 0 Å². The Labute approximate surface area is 159 Å². The summed E-state index contributed by atoms with van der Waals surface area (Å²) in [7, 11) is 2.11. The zero-order valence-corrected chi connectivity index (χ0v) is 16.6. The lowest BCUT2D eigenvalue weighted by molar-refractivity contribution is 0.310. The van der Waals surface area contributed by atoms with Crippen molar-refractivity contribution in [3.05, 3.63) is 51.2 Å². The van der Waals surface area contributed by atoms with Crippen LogP contribution in [0.25, 0.3) is 10.2 Å². The highest BCUT2D eigenvalue weighted by molar-refractivity contribution is 7.19. The number of nitrogens with two attached hydrogens (primary N) is 1. The molecule has 2 heterocycles. The molecular formula is C21H26N4S. The highest BCUT2D eigenvalue weighted by Gasteiger charge is 2.20. The Balaban J connectivity index is 1.57. The molecule has 0 aliphatic heterocycles. The number of thiophene rings is 1. The summed E-state index contributed by atoms with van der Waals surface area (Å²) in [4.78, 5) is 14.3. The van der Waals surface area contributed by atoms with Crippen LogP contribution in [0, 0.1) is 13.8 Å². The maximum atomic E-state index is 6.33. The van der Waals surface area contributed by atoms with E-state index in [0.29, 0.717) is 12.4 Å². The Bertz CT molecular complexity index is 960. The van der Waals surface area contributed by atoms with Crippen LogP contribution in [0.2, 0.25) is 0 Å². The van der Waals surface area contributed by atoms with Crippen LogP contribution in [0.1, 0.15) is 45.8 Å². The number of rotatable bonds is 4. The van der Waals surface area contributed by atoms with Crippen molar-refractivity contribution in [2.45, 2.75) is 52.6 Å². The molecule has 1 aromatic carbocycles. The molecule has 136 valence electrons. The van der Waals surface area contributed by atoms with E-state index < -0.39 is 0 Å². The minimum atomic E-state index is 0.657. The fourth-order valence-electron chi connectivity index (χ4n) is 3.91. The number of fused-ring (bicyclic) bond motifs is 3. The normalized spacial score (nSPS) is 14.2. The first-order valence-electron chi connectivity index (χ1n) is 9.32. The van der Waals surface area contributed by atoms with Crippen molar-refractivity contribution in [1.29, 1.82) is 0 Å². The SMILES string of the molecule is Cc1ccc(CN(C)Cc2nc(N)c3c4c(sc3n2)CCCC4)c(C)c1. The van der Waals surface area contributed by atoms with Gasteiger partial charge in [0.05, 0.1) is 11.9 Å². The Kier molecular flexibility index (Phi) is 4.67. The quantitative estimate of drug-likeness (QED) is 0.743. The lowest BCUT2D eigenvalue weighted by Gasteiger charge is -2.18. The van der Waals surface area contributed by atoms with Gasteiger partial charge >= 0.3 is 0 Å². The van der Waals surface area contributed by atoms with Crippen LogP contribution < -0.4 is 5.73 Å². The maximum Gasteiger partial charge on any atom is 0.146 e. The smallest absolute Gasteiger partial charge is 0.146 e. The summed E-state index contributed by atoms with van der Waals surface area (Å²) in [6, 6.07) is 6.62. The molecule has 1 aliphatic carbocycles. The van der Waals surface area contributed by atoms with E-state index in [-0.39, 0.29) is 0 Å². The van der Waals surface area contributed by atoms with E-state index in [9.17, 15) is 0 Å². The second-order valence-corrected chi connectivity index (χ2v) is 8.60. The van der Waals surface area contributed by atoms with E-state index >= 15 is 0 Å². The molecule has 1 aliphatic rings. The molecular weight excluding hydrogens is 340 g/mol. The number of aryl methyl sites for hydroxylation is 4. The molecule has 0 saturated carbocycles. The summed E-state index contributed by atoms with van der Waals surface area (Å²) in [6.07, 6.45) is 4.81. The van der Waals surface area contributed by atoms with Gasteiger partial charge in [0.15, 0.2) is 0 Å². The lowest BCUT2D eigenvalue weighted by atomic mass is 9.97. The number of hydrogen-bond donors (Lipinski definition) is 1. The first kappa shape index (κ1) is 17.4. The number of nitrogen functional groups attached to an aromatic ring is 1. The predicted octanol–water partition coefficient (Wildman–Crippen LogP) is 4.40. The molecule has 0 spiro atoms. The molecule has 5 heteroatoms. The second-order valence-electron chi connectivity index (χ2n) is 7.52. The maximum absolute atomic E-state index is 6.33. The molecule has 0 fully saturated rings. The number of nitrogens with zero attached hydrogens (tertiary/aromatic N) is 3. The summed E-state index contributed by atoms with van der Waals surface area (Å²) in [5.74, 6) is 1.48. The predicted molar refractivity (Wildman–Crippen MR) is 110 cm³/mol. The molecule has 3 aromatic rings. The van der Waals surface area contributed by atoms with Gasteiger partial charge in [-0.25, -0.2) is 9.97 Å². The number of aromatic nitrogens is 2. The Morgan fingerprint density at radius 3 is 2.73 bits per heavy atom. The van der Waals surface area contributed by atoms with Crippen molar-refractivity contribution in [1.82, 2.24) is 14.9 Å². The average Bonchev–Trinajstić information content (AvgIpc) is 2.96. The lowest BCUT2D eigenvalue weighted by Crippen LogP contribution is -2.20. The Morgan fingerprint density at radius 1 is 1.12 bits per heavy atom. The van der Waals surface area contributed by atoms with Gasteiger partial charge in [-0.1, -0.05) is 23.8 Å². The van der Waals surface area contributed by atoms with Crippen LogP contribution in [0.4, 0.5) is 5.82 Å². The van der Waals surface area contributed by atoms with Crippen molar-refractivity contribution in [2.75, 3.05) is 12.8 Å². The second kappa shape index (κ2) is 6.97. The summed E-state index contributed by atoms with van der Waals surface area (Å²) in [5, 5.41) is 1.12. The molecule has 0 bridgehead atoms. The van der Waals surface area contributed by atoms with E-state index in [4.69, 9.17) is 10.7 Å². The van der Waals surface area contributed by atoms with Gasteiger partial charge in [-0.15, -0.1) is 11.3 Å². The van der Waals surface area contributed by atoms with Crippen LogP contribution in [0.3, 0.4) is 0 Å². The number of benzene rings is 1. The Morgan fingerprint density at radius 2 is 1.92 bits per heavy atom. The molecule has 0 radical (unpaired) electrons. The molecule has 4 nitrogen and oxygen atoms in total. The molecule has 2 N–H and O–H groups in total. The monoisotopic (exact) mass is 366 g/mol. The fourth-order valence-corrected chi connectivity index (χ4v) is 5.20. The van der Waals surface area contributed by atoms with Crippen LogP contribution in [0.15, 0.2) is 18.2 Å². The van der Waals surface area contributed by atoms with Crippen molar-refractivity contribution in [2.24, 2.45) is 0 Å². The molecule has 26 heavy (non-hydrogen) atoms. The van der Waals surface area contributed by atoms with Gasteiger partial charge in [0, 0.05) is 11.4 Å². The van der Waals surface area contributed by atoms with Crippen molar-refractivity contribution < 1.29 is 0 Å². The van der Waals surface area contributed by atoms with Gasteiger partial charge in [0.1, 0.15) is 16.5 Å². The van der Waals surface area contributed by atoms with E-state index in [1.54, 1.807) is 0 Å². The highest BCUT2D eigenvalue weighted by Crippen LogP contribution is 2.37. The topological polar surface area (TPSA) is 55.0 Å². The third kappa shape index (κ3) is 3.33. The van der Waals surface area contributed by atoms with Crippen LogP contribution in [0.5, 0.6) is 0 Å². The minimum absolute atomic E-state index is 0.657. The van der Waals surface area contributed by atoms with Gasteiger partial charge in [-0.2, -0.15) is 0 Å². The van der Waals surface area contributed by atoms with Gasteiger partial charge < -0.3 is 5.73 Å². The van der Waals surface area contributed by atoms with Crippen LogP contribution in [-0.4, -0.2) is 21.9 Å². The van der Waals surface area contributed by atoms with Gasteiger partial charge in [-0.05, 0) is 63.3 Å². The van der Waals surface area contributed by atoms with Crippen molar-refractivity contribution >= 4 is 27.4 Å². The van der Waals surface area contributed by atoms with E-state index in [0.717, 1.165) is 35.4 Å². The van der Waals surface area contributed by atoms with E-state index in [1.165, 1.54) is 40.0 Å². The molecule has 4 rings (SSSR count). The summed E-state index contributed by atoms with van der Waals surface area (Å²) in [6.45, 7) is 5.89. The first-order valence-corrected chi connectivity index (χ1v) is 10.1. The largest absolute Gasteiger partial charge is 0.383 e. The van der Waals surface area contributed by atoms with Crippen molar-refractivity contribution in [3.8, 4) is 0 Å². The summed E-state index contributed by atoms with van der Waals surface area (Å²) >= 11 is 1.81. The zero-order chi connectivity index (χ0) is 18.3. The highest BCUT2D eigenvalue weighted by atomic mass is 32.1. The van der Waals surface area contributed by atoms with Gasteiger partial charge in [0.25, 0.3) is 0 Å². The zero-order valence-electron chi connectivity index (χ0n) is 15.8. The third-order valence-corrected chi connectivity index (χ3v) is 6.42. The van der Waals surface area contributed by atoms with Gasteiger partial charge in [0.2, 0.25) is 0 Å². The molecule has 0 saturated heterocycles. The van der Waals surface area contributed by atoms with Crippen LogP contribution >= 0.6 is 11.3 Å². The standard InChI is InChI=1S/C21H26N4S/c1-13-8-9-15(14(2)10-13)11-25(3)12-18-23-20(22)19-16-6-4-5-7-17(16)26-21(19)24-18/h8-10H,4-7,11-12H2,1-3H3,(H2,22,23,24). The van der Waals surface area contributed by atoms with E-state index in [2.05, 4.69) is 49.0 Å². The molecule has 0 amide bonds. The van der Waals surface area contributed by atoms with Crippen LogP contribution in [-0.2, 0) is 25.9 Å². The number of anilines is 1. The third-order valence-electron chi connectivity index (χ3n) is 5.24. The molecule has 0 unspecified atom stereocenters. The number of hydrogen-bond acceptors (Lipinski definition) is 5. The van der Waals surface area contributed by atoms with E-state index in [1.807, 2.05) is 11.3 Å². The van der Waals surface area contributed by atoms with Gasteiger partial charge in [-0.3, -0.25) is 4.90 Å². The first-order chi connectivity index (χ1) is 12.5.